The Morgan fingerprint density at radius 1 is 1.07 bits per heavy atom. The number of benzene rings is 2. The highest BCUT2D eigenvalue weighted by atomic mass is 32.1. The normalized spacial score (nSPS) is 11.8. The molecule has 4 aromatic rings. The number of nitrogens with zero attached hydrogens (tertiary/aromatic N) is 3. The van der Waals surface area contributed by atoms with Crippen molar-refractivity contribution >= 4 is 28.0 Å². The monoisotopic (exact) mass is 376 g/mol. The van der Waals surface area contributed by atoms with Gasteiger partial charge >= 0.3 is 0 Å². The van der Waals surface area contributed by atoms with E-state index in [0.717, 1.165) is 5.56 Å². The van der Waals surface area contributed by atoms with Crippen LogP contribution in [-0.4, -0.2) is 20.7 Å². The Labute approximate surface area is 158 Å². The van der Waals surface area contributed by atoms with Crippen molar-refractivity contribution in [2.24, 2.45) is 4.99 Å². The van der Waals surface area contributed by atoms with Crippen LogP contribution in [0.25, 0.3) is 10.8 Å². The van der Waals surface area contributed by atoms with Gasteiger partial charge in [-0.1, -0.05) is 48.5 Å². The van der Waals surface area contributed by atoms with Crippen molar-refractivity contribution in [1.29, 1.82) is 0 Å². The number of rotatable bonds is 4. The van der Waals surface area contributed by atoms with Gasteiger partial charge in [0.25, 0.3) is 11.5 Å². The predicted octanol–water partition coefficient (Wildman–Crippen LogP) is 2.50. The van der Waals surface area contributed by atoms with Gasteiger partial charge in [0.05, 0.1) is 17.5 Å². The van der Waals surface area contributed by atoms with Crippen LogP contribution < -0.4 is 10.4 Å². The lowest BCUT2D eigenvalue weighted by molar-refractivity contribution is -0.117. The summed E-state index contributed by atoms with van der Waals surface area (Å²) in [6.07, 6.45) is 1.94. The number of aromatic nitrogens is 3. The lowest BCUT2D eigenvalue weighted by Gasteiger charge is -2.04. The lowest BCUT2D eigenvalue weighted by Crippen LogP contribution is -2.18. The molecule has 2 aromatic heterocycles. The molecule has 0 atom stereocenters. The van der Waals surface area contributed by atoms with Crippen molar-refractivity contribution in [2.75, 3.05) is 0 Å². The summed E-state index contributed by atoms with van der Waals surface area (Å²) in [5.41, 5.74) is 1.39. The Bertz CT molecular complexity index is 1220. The zero-order valence-electron chi connectivity index (χ0n) is 14.3. The van der Waals surface area contributed by atoms with Crippen LogP contribution in [0, 0.1) is 0 Å². The molecule has 2 heterocycles. The van der Waals surface area contributed by atoms with Crippen molar-refractivity contribution in [3.8, 4) is 0 Å². The van der Waals surface area contributed by atoms with Gasteiger partial charge in [-0.05, 0) is 11.6 Å². The Kier molecular flexibility index (Phi) is 4.76. The van der Waals surface area contributed by atoms with E-state index in [0.29, 0.717) is 27.8 Å². The van der Waals surface area contributed by atoms with Crippen LogP contribution in [0.5, 0.6) is 0 Å². The molecule has 7 heteroatoms. The molecule has 0 unspecified atom stereocenters. The van der Waals surface area contributed by atoms with E-state index in [-0.39, 0.29) is 17.9 Å². The predicted molar refractivity (Wildman–Crippen MR) is 104 cm³/mol. The second kappa shape index (κ2) is 7.51. The van der Waals surface area contributed by atoms with Gasteiger partial charge in [-0.25, -0.2) is 5.10 Å². The summed E-state index contributed by atoms with van der Waals surface area (Å²) in [7, 11) is 0. The lowest BCUT2D eigenvalue weighted by atomic mass is 10.1. The summed E-state index contributed by atoms with van der Waals surface area (Å²) >= 11 is 1.41. The van der Waals surface area contributed by atoms with E-state index < -0.39 is 0 Å². The highest BCUT2D eigenvalue weighted by Gasteiger charge is 2.10. The zero-order chi connectivity index (χ0) is 18.6. The summed E-state index contributed by atoms with van der Waals surface area (Å²) in [5.74, 6) is -0.302. The molecule has 0 spiro atoms. The number of H-pyrrole nitrogens is 1. The van der Waals surface area contributed by atoms with E-state index in [1.807, 2.05) is 52.5 Å². The maximum atomic E-state index is 12.5. The van der Waals surface area contributed by atoms with Crippen LogP contribution in [0.1, 0.15) is 11.3 Å². The third-order valence-electron chi connectivity index (χ3n) is 4.17. The highest BCUT2D eigenvalue weighted by Crippen LogP contribution is 2.13. The second-order valence-corrected chi connectivity index (χ2v) is 6.90. The summed E-state index contributed by atoms with van der Waals surface area (Å²) in [5, 5.41) is 9.59. The van der Waals surface area contributed by atoms with Crippen molar-refractivity contribution in [2.45, 2.75) is 13.0 Å². The number of carbonyl (C=O) groups excluding carboxylic acids is 1. The van der Waals surface area contributed by atoms with Crippen LogP contribution in [0.3, 0.4) is 0 Å². The number of carbonyl (C=O) groups is 1. The SMILES string of the molecule is O=C(Cc1n[nH]c(=O)c2ccccc12)N=c1sccn1Cc1ccccc1. The minimum atomic E-state index is -0.302. The average Bonchev–Trinajstić information content (AvgIpc) is 3.11. The first-order chi connectivity index (χ1) is 13.2. The van der Waals surface area contributed by atoms with Crippen LogP contribution in [0.4, 0.5) is 0 Å². The molecular weight excluding hydrogens is 360 g/mol. The maximum absolute atomic E-state index is 12.5. The average molecular weight is 376 g/mol. The standard InChI is InChI=1S/C20H16N4O2S/c25-18(12-17-15-8-4-5-9-16(15)19(26)23-22-17)21-20-24(10-11-27-20)13-14-6-2-1-3-7-14/h1-11H,12-13H2,(H,23,26). The third-order valence-corrected chi connectivity index (χ3v) is 4.96. The van der Waals surface area contributed by atoms with Gasteiger partial charge in [-0.2, -0.15) is 10.1 Å². The first-order valence-electron chi connectivity index (χ1n) is 8.42. The molecule has 4 rings (SSSR count). The second-order valence-electron chi connectivity index (χ2n) is 6.03. The fourth-order valence-electron chi connectivity index (χ4n) is 2.88. The molecule has 0 bridgehead atoms. The van der Waals surface area contributed by atoms with Crippen molar-refractivity contribution in [3.05, 3.63) is 92.6 Å². The molecule has 1 N–H and O–H groups in total. The maximum Gasteiger partial charge on any atom is 0.272 e. The van der Waals surface area contributed by atoms with Crippen LogP contribution in [0.2, 0.25) is 0 Å². The summed E-state index contributed by atoms with van der Waals surface area (Å²) in [6, 6.07) is 17.1. The Morgan fingerprint density at radius 3 is 2.63 bits per heavy atom. The smallest absolute Gasteiger partial charge is 0.272 e. The van der Waals surface area contributed by atoms with E-state index in [1.165, 1.54) is 11.3 Å². The van der Waals surface area contributed by atoms with E-state index in [1.54, 1.807) is 18.2 Å². The van der Waals surface area contributed by atoms with E-state index in [9.17, 15) is 9.59 Å². The summed E-state index contributed by atoms with van der Waals surface area (Å²) < 4.78 is 1.94. The summed E-state index contributed by atoms with van der Waals surface area (Å²) in [4.78, 5) is 29.3. The molecule has 27 heavy (non-hydrogen) atoms. The van der Waals surface area contributed by atoms with Gasteiger partial charge in [0.15, 0.2) is 4.80 Å². The van der Waals surface area contributed by atoms with Gasteiger partial charge in [-0.15, -0.1) is 11.3 Å². The molecule has 134 valence electrons. The molecule has 0 aliphatic heterocycles. The van der Waals surface area contributed by atoms with E-state index in [4.69, 9.17) is 0 Å². The molecule has 0 radical (unpaired) electrons. The van der Waals surface area contributed by atoms with Crippen LogP contribution >= 0.6 is 11.3 Å². The molecular formula is C20H16N4O2S. The topological polar surface area (TPSA) is 80.1 Å². The molecule has 2 aromatic carbocycles. The highest BCUT2D eigenvalue weighted by molar-refractivity contribution is 7.07. The van der Waals surface area contributed by atoms with Crippen molar-refractivity contribution in [3.63, 3.8) is 0 Å². The number of amides is 1. The van der Waals surface area contributed by atoms with Gasteiger partial charge in [0, 0.05) is 23.5 Å². The minimum absolute atomic E-state index is 0.0283. The number of fused-ring (bicyclic) bond motifs is 1. The molecule has 6 nitrogen and oxygen atoms in total. The van der Waals surface area contributed by atoms with E-state index >= 15 is 0 Å². The molecule has 1 amide bonds. The van der Waals surface area contributed by atoms with Crippen LogP contribution in [0.15, 0.2) is 76.0 Å². The Balaban J connectivity index is 1.62. The fourth-order valence-corrected chi connectivity index (χ4v) is 3.63. The number of hydrogen-bond acceptors (Lipinski definition) is 4. The number of nitrogens with one attached hydrogen (secondary N) is 1. The van der Waals surface area contributed by atoms with E-state index in [2.05, 4.69) is 15.2 Å². The Hall–Kier alpha value is -3.32. The summed E-state index contributed by atoms with van der Waals surface area (Å²) in [6.45, 7) is 0.649. The minimum Gasteiger partial charge on any atom is -0.319 e. The first kappa shape index (κ1) is 17.1. The molecule has 0 fully saturated rings. The third kappa shape index (κ3) is 3.78. The van der Waals surface area contributed by atoms with Gasteiger partial charge in [0.1, 0.15) is 0 Å². The first-order valence-corrected chi connectivity index (χ1v) is 9.30. The van der Waals surface area contributed by atoms with Gasteiger partial charge < -0.3 is 4.57 Å². The number of hydrogen-bond donors (Lipinski definition) is 1. The molecule has 0 aliphatic carbocycles. The van der Waals surface area contributed by atoms with Crippen LogP contribution in [-0.2, 0) is 17.8 Å². The fraction of sp³-hybridized carbons (Fsp3) is 0.100. The molecule has 0 saturated heterocycles. The van der Waals surface area contributed by atoms with Gasteiger partial charge in [0.2, 0.25) is 0 Å². The van der Waals surface area contributed by atoms with Crippen molar-refractivity contribution in [1.82, 2.24) is 14.8 Å². The quantitative estimate of drug-likeness (QED) is 0.594. The van der Waals surface area contributed by atoms with Gasteiger partial charge in [-0.3, -0.25) is 9.59 Å². The molecule has 0 saturated carbocycles. The Morgan fingerprint density at radius 2 is 1.81 bits per heavy atom. The van der Waals surface area contributed by atoms with Crippen molar-refractivity contribution < 1.29 is 4.79 Å². The largest absolute Gasteiger partial charge is 0.319 e. The number of aromatic amines is 1. The zero-order valence-corrected chi connectivity index (χ0v) is 15.1. The molecule has 0 aliphatic rings. The number of thiazole rings is 1.